The summed E-state index contributed by atoms with van der Waals surface area (Å²) in [7, 11) is 1.80. The molecule has 2 aromatic rings. The predicted octanol–water partition coefficient (Wildman–Crippen LogP) is -1.05. The van der Waals surface area contributed by atoms with E-state index in [1.807, 2.05) is 6.92 Å². The Hall–Kier alpha value is -2.48. The number of rotatable bonds is 4. The van der Waals surface area contributed by atoms with Gasteiger partial charge in [-0.1, -0.05) is 0 Å². The van der Waals surface area contributed by atoms with Crippen LogP contribution >= 0.6 is 0 Å². The quantitative estimate of drug-likeness (QED) is 0.568. The van der Waals surface area contributed by atoms with Crippen LogP contribution < -0.4 is 21.9 Å². The Kier molecular flexibility index (Phi) is 3.94. The Bertz CT molecular complexity index is 749. The van der Waals surface area contributed by atoms with Crippen LogP contribution in [0.2, 0.25) is 0 Å². The summed E-state index contributed by atoms with van der Waals surface area (Å²) in [6, 6.07) is 1.53. The van der Waals surface area contributed by atoms with Gasteiger partial charge in [0.15, 0.2) is 0 Å². The minimum Gasteiger partial charge on any atom is -0.350 e. The summed E-state index contributed by atoms with van der Waals surface area (Å²) in [4.78, 5) is 43.1. The van der Waals surface area contributed by atoms with Crippen molar-refractivity contribution in [1.29, 1.82) is 0 Å². The summed E-state index contributed by atoms with van der Waals surface area (Å²) in [6.45, 7) is 2.38. The first kappa shape index (κ1) is 13.9. The van der Waals surface area contributed by atoms with Crippen molar-refractivity contribution < 1.29 is 4.79 Å². The Balaban J connectivity index is 2.30. The number of carbonyl (C=O) groups excluding carboxylic acids is 1. The van der Waals surface area contributed by atoms with Gasteiger partial charge in [0.25, 0.3) is 11.5 Å². The van der Waals surface area contributed by atoms with Crippen molar-refractivity contribution in [1.82, 2.24) is 25.6 Å². The number of pyridine rings is 1. The zero-order chi connectivity index (χ0) is 14.7. The highest BCUT2D eigenvalue weighted by atomic mass is 16.2. The third kappa shape index (κ3) is 2.91. The lowest BCUT2D eigenvalue weighted by molar-refractivity contribution is 0.0950. The molecule has 8 nitrogen and oxygen atoms in total. The molecule has 2 heterocycles. The van der Waals surface area contributed by atoms with Gasteiger partial charge in [-0.05, 0) is 20.0 Å². The van der Waals surface area contributed by atoms with Crippen molar-refractivity contribution in [2.75, 3.05) is 13.6 Å². The molecule has 20 heavy (non-hydrogen) atoms. The monoisotopic (exact) mass is 277 g/mol. The van der Waals surface area contributed by atoms with Crippen LogP contribution in [0.5, 0.6) is 0 Å². The third-order valence-corrected chi connectivity index (χ3v) is 2.92. The van der Waals surface area contributed by atoms with Gasteiger partial charge in [0.1, 0.15) is 5.65 Å². The number of nitrogens with zero attached hydrogens (tertiary/aromatic N) is 1. The van der Waals surface area contributed by atoms with Gasteiger partial charge in [-0.15, -0.1) is 0 Å². The zero-order valence-electron chi connectivity index (χ0n) is 11.1. The number of amides is 1. The minimum atomic E-state index is -0.630. The molecule has 0 aliphatic heterocycles. The molecule has 0 bridgehead atoms. The number of likely N-dealkylation sites (N-methyl/N-ethyl adjacent to an activating group) is 1. The first-order valence-electron chi connectivity index (χ1n) is 6.09. The molecule has 0 saturated heterocycles. The number of aromatic nitrogens is 3. The molecule has 106 valence electrons. The SMILES string of the molecule is CNC(C)CNC(=O)c1cnc2[nH]c(=O)[nH]c(=O)c2c1. The molecule has 0 aliphatic carbocycles. The summed E-state index contributed by atoms with van der Waals surface area (Å²) in [5.74, 6) is -0.327. The van der Waals surface area contributed by atoms with E-state index < -0.39 is 11.2 Å². The van der Waals surface area contributed by atoms with Gasteiger partial charge in [-0.25, -0.2) is 9.78 Å². The lowest BCUT2D eigenvalue weighted by atomic mass is 10.2. The van der Waals surface area contributed by atoms with E-state index in [9.17, 15) is 14.4 Å². The van der Waals surface area contributed by atoms with Crippen molar-refractivity contribution in [3.8, 4) is 0 Å². The number of hydrogen-bond donors (Lipinski definition) is 4. The lowest BCUT2D eigenvalue weighted by Crippen LogP contribution is -2.37. The predicted molar refractivity (Wildman–Crippen MR) is 73.8 cm³/mol. The van der Waals surface area contributed by atoms with Crippen molar-refractivity contribution in [2.24, 2.45) is 0 Å². The summed E-state index contributed by atoms with van der Waals surface area (Å²) in [6.07, 6.45) is 1.32. The van der Waals surface area contributed by atoms with Gasteiger partial charge >= 0.3 is 5.69 Å². The molecular weight excluding hydrogens is 262 g/mol. The maximum atomic E-state index is 11.9. The molecule has 0 aromatic carbocycles. The van der Waals surface area contributed by atoms with E-state index in [2.05, 4.69) is 25.6 Å². The van der Waals surface area contributed by atoms with Gasteiger partial charge in [-0.2, -0.15) is 0 Å². The number of H-pyrrole nitrogens is 2. The maximum absolute atomic E-state index is 11.9. The van der Waals surface area contributed by atoms with Gasteiger partial charge in [0.2, 0.25) is 0 Å². The largest absolute Gasteiger partial charge is 0.350 e. The van der Waals surface area contributed by atoms with Crippen LogP contribution in [0, 0.1) is 0 Å². The van der Waals surface area contributed by atoms with Crippen LogP contribution in [0.1, 0.15) is 17.3 Å². The average Bonchev–Trinajstić information content (AvgIpc) is 2.43. The van der Waals surface area contributed by atoms with Gasteiger partial charge < -0.3 is 10.6 Å². The number of carbonyl (C=O) groups is 1. The first-order chi connectivity index (χ1) is 9.51. The lowest BCUT2D eigenvalue weighted by Gasteiger charge is -2.11. The van der Waals surface area contributed by atoms with E-state index in [-0.39, 0.29) is 28.5 Å². The average molecular weight is 277 g/mol. The van der Waals surface area contributed by atoms with Gasteiger partial charge in [-0.3, -0.25) is 19.6 Å². The third-order valence-electron chi connectivity index (χ3n) is 2.92. The number of aromatic amines is 2. The molecule has 2 aromatic heterocycles. The fraction of sp³-hybridized carbons (Fsp3) is 0.333. The van der Waals surface area contributed by atoms with E-state index in [1.54, 1.807) is 7.05 Å². The van der Waals surface area contributed by atoms with Crippen LogP contribution in [0.15, 0.2) is 21.9 Å². The number of hydrogen-bond acceptors (Lipinski definition) is 5. The molecule has 4 N–H and O–H groups in total. The van der Waals surface area contributed by atoms with Crippen molar-refractivity contribution in [2.45, 2.75) is 13.0 Å². The van der Waals surface area contributed by atoms with Crippen molar-refractivity contribution >= 4 is 16.9 Å². The van der Waals surface area contributed by atoms with Crippen molar-refractivity contribution in [3.63, 3.8) is 0 Å². The molecule has 0 radical (unpaired) electrons. The van der Waals surface area contributed by atoms with Crippen LogP contribution in [0.25, 0.3) is 11.0 Å². The Labute approximate surface area is 113 Å². The Morgan fingerprint density at radius 2 is 2.15 bits per heavy atom. The summed E-state index contributed by atoms with van der Waals surface area (Å²) in [5, 5.41) is 5.88. The molecule has 0 aliphatic rings. The smallest absolute Gasteiger partial charge is 0.327 e. The fourth-order valence-electron chi connectivity index (χ4n) is 1.62. The summed E-state index contributed by atoms with van der Waals surface area (Å²) in [5.41, 5.74) is -0.790. The van der Waals surface area contributed by atoms with E-state index in [0.29, 0.717) is 6.54 Å². The second kappa shape index (κ2) is 5.66. The molecule has 1 atom stereocenters. The summed E-state index contributed by atoms with van der Waals surface area (Å²) >= 11 is 0. The molecule has 1 unspecified atom stereocenters. The Morgan fingerprint density at radius 3 is 2.85 bits per heavy atom. The Morgan fingerprint density at radius 1 is 1.40 bits per heavy atom. The highest BCUT2D eigenvalue weighted by Gasteiger charge is 2.10. The van der Waals surface area contributed by atoms with Gasteiger partial charge in [0, 0.05) is 18.8 Å². The van der Waals surface area contributed by atoms with E-state index in [4.69, 9.17) is 0 Å². The van der Waals surface area contributed by atoms with Gasteiger partial charge in [0.05, 0.1) is 10.9 Å². The van der Waals surface area contributed by atoms with Crippen LogP contribution in [-0.4, -0.2) is 40.5 Å². The van der Waals surface area contributed by atoms with Crippen LogP contribution in [0.3, 0.4) is 0 Å². The molecule has 0 saturated carbocycles. The second-order valence-electron chi connectivity index (χ2n) is 4.43. The second-order valence-corrected chi connectivity index (χ2v) is 4.43. The molecule has 8 heteroatoms. The maximum Gasteiger partial charge on any atom is 0.327 e. The van der Waals surface area contributed by atoms with Crippen LogP contribution in [-0.2, 0) is 0 Å². The number of fused-ring (bicyclic) bond motifs is 1. The molecule has 0 spiro atoms. The minimum absolute atomic E-state index is 0.132. The van der Waals surface area contributed by atoms with E-state index in [1.165, 1.54) is 12.3 Å². The fourth-order valence-corrected chi connectivity index (χ4v) is 1.62. The molecule has 0 fully saturated rings. The highest BCUT2D eigenvalue weighted by Crippen LogP contribution is 2.05. The van der Waals surface area contributed by atoms with Crippen molar-refractivity contribution in [3.05, 3.63) is 38.7 Å². The van der Waals surface area contributed by atoms with Crippen LogP contribution in [0.4, 0.5) is 0 Å². The topological polar surface area (TPSA) is 120 Å². The van der Waals surface area contributed by atoms with E-state index in [0.717, 1.165) is 0 Å². The molecule has 2 rings (SSSR count). The summed E-state index contributed by atoms with van der Waals surface area (Å²) < 4.78 is 0. The molecule has 1 amide bonds. The molecular formula is C12H15N5O3. The standard InChI is InChI=1S/C12H15N5O3/c1-6(13-2)4-15-10(18)7-3-8-9(14-5-7)16-12(20)17-11(8)19/h3,5-6,13H,4H2,1-2H3,(H,15,18)(H2,14,16,17,19,20). The normalized spacial score (nSPS) is 12.3. The first-order valence-corrected chi connectivity index (χ1v) is 6.09. The number of nitrogens with one attached hydrogen (secondary N) is 4. The van der Waals surface area contributed by atoms with E-state index >= 15 is 0 Å². The highest BCUT2D eigenvalue weighted by molar-refractivity contribution is 5.96. The zero-order valence-corrected chi connectivity index (χ0v) is 11.1.